The fourth-order valence-corrected chi connectivity index (χ4v) is 2.97. The molecule has 6 heteroatoms. The number of halogens is 1. The molecule has 0 amide bonds. The van der Waals surface area contributed by atoms with Gasteiger partial charge in [-0.25, -0.2) is 0 Å². The third-order valence-electron chi connectivity index (χ3n) is 3.88. The van der Waals surface area contributed by atoms with Gasteiger partial charge in [-0.05, 0) is 54.7 Å². The van der Waals surface area contributed by atoms with Gasteiger partial charge < -0.3 is 20.1 Å². The molecular weight excluding hydrogens is 376 g/mol. The largest absolute Gasteiger partial charge is 0.508 e. The number of ether oxygens (including phenoxy) is 1. The molecule has 0 fully saturated rings. The minimum atomic E-state index is -0.879. The maximum atomic E-state index is 11.6. The summed E-state index contributed by atoms with van der Waals surface area (Å²) in [5.41, 5.74) is 1.68. The standard InChI is InChI=1S/C18H19BrO5/c1-24-17-10-15(19)13(9-16(17)21)8-12(18(22)23)5-2-11-3-6-14(20)7-4-11/h3-4,6-7,9-10,12,20-21H,2,5,8H2,1H3,(H,22,23). The topological polar surface area (TPSA) is 87.0 Å². The maximum absolute atomic E-state index is 11.6. The van der Waals surface area contributed by atoms with E-state index in [1.807, 2.05) is 0 Å². The third kappa shape index (κ3) is 4.64. The molecule has 0 radical (unpaired) electrons. The lowest BCUT2D eigenvalue weighted by Gasteiger charge is -2.15. The van der Waals surface area contributed by atoms with Gasteiger partial charge in [-0.2, -0.15) is 0 Å². The van der Waals surface area contributed by atoms with Crippen LogP contribution >= 0.6 is 15.9 Å². The Morgan fingerprint density at radius 3 is 2.46 bits per heavy atom. The summed E-state index contributed by atoms with van der Waals surface area (Å²) >= 11 is 3.39. The number of phenols is 2. The van der Waals surface area contributed by atoms with Crippen LogP contribution in [0.4, 0.5) is 0 Å². The van der Waals surface area contributed by atoms with Gasteiger partial charge in [0.25, 0.3) is 0 Å². The number of carboxylic acids is 1. The first-order valence-corrected chi connectivity index (χ1v) is 8.26. The quantitative estimate of drug-likeness (QED) is 0.665. The van der Waals surface area contributed by atoms with Crippen LogP contribution in [0.25, 0.3) is 0 Å². The molecule has 1 unspecified atom stereocenters. The van der Waals surface area contributed by atoms with Gasteiger partial charge in [0.2, 0.25) is 0 Å². The molecule has 128 valence electrons. The second kappa shape index (κ2) is 8.06. The lowest BCUT2D eigenvalue weighted by Crippen LogP contribution is -2.17. The van der Waals surface area contributed by atoms with E-state index in [0.717, 1.165) is 5.56 Å². The van der Waals surface area contributed by atoms with Crippen LogP contribution in [0.15, 0.2) is 40.9 Å². The van der Waals surface area contributed by atoms with E-state index in [2.05, 4.69) is 15.9 Å². The van der Waals surface area contributed by atoms with Crippen molar-refractivity contribution in [2.24, 2.45) is 5.92 Å². The van der Waals surface area contributed by atoms with E-state index < -0.39 is 11.9 Å². The normalized spacial score (nSPS) is 11.9. The van der Waals surface area contributed by atoms with Gasteiger partial charge in [0.05, 0.1) is 13.0 Å². The molecular formula is C18H19BrO5. The SMILES string of the molecule is COc1cc(Br)c(CC(CCc2ccc(O)cc2)C(=O)O)cc1O. The van der Waals surface area contributed by atoms with Crippen LogP contribution in [-0.2, 0) is 17.6 Å². The van der Waals surface area contributed by atoms with Crippen molar-refractivity contribution in [1.29, 1.82) is 0 Å². The van der Waals surface area contributed by atoms with Gasteiger partial charge in [0, 0.05) is 4.47 Å². The average Bonchev–Trinajstić information content (AvgIpc) is 2.55. The molecule has 0 aliphatic rings. The van der Waals surface area contributed by atoms with Crippen molar-refractivity contribution in [3.8, 4) is 17.2 Å². The summed E-state index contributed by atoms with van der Waals surface area (Å²) in [7, 11) is 1.46. The fourth-order valence-electron chi connectivity index (χ4n) is 2.49. The monoisotopic (exact) mass is 394 g/mol. The number of rotatable bonds is 7. The molecule has 0 aliphatic carbocycles. The number of hydrogen-bond donors (Lipinski definition) is 3. The van der Waals surface area contributed by atoms with Crippen molar-refractivity contribution < 1.29 is 24.9 Å². The highest BCUT2D eigenvalue weighted by Crippen LogP contribution is 2.34. The average molecular weight is 395 g/mol. The lowest BCUT2D eigenvalue weighted by atomic mass is 9.93. The molecule has 2 rings (SSSR count). The highest BCUT2D eigenvalue weighted by atomic mass is 79.9. The Kier molecular flexibility index (Phi) is 6.09. The number of aryl methyl sites for hydroxylation is 1. The molecule has 5 nitrogen and oxygen atoms in total. The Labute approximate surface area is 148 Å². The van der Waals surface area contributed by atoms with Gasteiger partial charge in [-0.15, -0.1) is 0 Å². The van der Waals surface area contributed by atoms with Crippen molar-refractivity contribution in [2.45, 2.75) is 19.3 Å². The highest BCUT2D eigenvalue weighted by molar-refractivity contribution is 9.10. The summed E-state index contributed by atoms with van der Waals surface area (Å²) in [4.78, 5) is 11.6. The summed E-state index contributed by atoms with van der Waals surface area (Å²) < 4.78 is 5.73. The zero-order valence-corrected chi connectivity index (χ0v) is 14.8. The summed E-state index contributed by atoms with van der Waals surface area (Å²) in [6.45, 7) is 0. The molecule has 2 aromatic carbocycles. The molecule has 1 atom stereocenters. The number of hydrogen-bond acceptors (Lipinski definition) is 4. The minimum Gasteiger partial charge on any atom is -0.508 e. The first-order chi connectivity index (χ1) is 11.4. The number of carbonyl (C=O) groups is 1. The first kappa shape index (κ1) is 18.1. The molecule has 0 saturated heterocycles. The van der Waals surface area contributed by atoms with Crippen LogP contribution in [0.3, 0.4) is 0 Å². The number of aliphatic carboxylic acids is 1. The van der Waals surface area contributed by atoms with Gasteiger partial charge in [0.15, 0.2) is 11.5 Å². The van der Waals surface area contributed by atoms with Gasteiger partial charge in [-0.3, -0.25) is 4.79 Å². The van der Waals surface area contributed by atoms with Crippen LogP contribution in [0.5, 0.6) is 17.2 Å². The predicted molar refractivity (Wildman–Crippen MR) is 93.6 cm³/mol. The summed E-state index contributed by atoms with van der Waals surface area (Å²) in [5, 5.41) is 28.6. The van der Waals surface area contributed by atoms with Crippen LogP contribution in [0, 0.1) is 5.92 Å². The Morgan fingerprint density at radius 2 is 1.88 bits per heavy atom. The van der Waals surface area contributed by atoms with E-state index in [0.29, 0.717) is 35.0 Å². The van der Waals surface area contributed by atoms with Crippen molar-refractivity contribution in [1.82, 2.24) is 0 Å². The summed E-state index contributed by atoms with van der Waals surface area (Å²) in [6, 6.07) is 9.89. The van der Waals surface area contributed by atoms with Crippen molar-refractivity contribution in [2.75, 3.05) is 7.11 Å². The molecule has 0 heterocycles. The number of benzene rings is 2. The molecule has 2 aromatic rings. The van der Waals surface area contributed by atoms with E-state index in [9.17, 15) is 20.1 Å². The van der Waals surface area contributed by atoms with Crippen LogP contribution in [-0.4, -0.2) is 28.4 Å². The van der Waals surface area contributed by atoms with Crippen molar-refractivity contribution in [3.05, 3.63) is 52.0 Å². The third-order valence-corrected chi connectivity index (χ3v) is 4.62. The van der Waals surface area contributed by atoms with E-state index in [4.69, 9.17) is 4.74 Å². The Bertz CT molecular complexity index is 712. The maximum Gasteiger partial charge on any atom is 0.306 e. The summed E-state index contributed by atoms with van der Waals surface area (Å²) in [5.74, 6) is -0.954. The zero-order chi connectivity index (χ0) is 17.7. The number of methoxy groups -OCH3 is 1. The fraction of sp³-hybridized carbons (Fsp3) is 0.278. The Hall–Kier alpha value is -2.21. The second-order valence-electron chi connectivity index (χ2n) is 5.56. The van der Waals surface area contributed by atoms with E-state index in [1.54, 1.807) is 30.3 Å². The van der Waals surface area contributed by atoms with Gasteiger partial charge >= 0.3 is 5.97 Å². The van der Waals surface area contributed by atoms with Crippen LogP contribution in [0.2, 0.25) is 0 Å². The molecule has 0 aliphatic heterocycles. The smallest absolute Gasteiger partial charge is 0.306 e. The molecule has 0 aromatic heterocycles. The van der Waals surface area contributed by atoms with Crippen molar-refractivity contribution >= 4 is 21.9 Å². The van der Waals surface area contributed by atoms with Crippen LogP contribution in [0.1, 0.15) is 17.5 Å². The van der Waals surface area contributed by atoms with Crippen LogP contribution < -0.4 is 4.74 Å². The molecule has 24 heavy (non-hydrogen) atoms. The van der Waals surface area contributed by atoms with Gasteiger partial charge in [0.1, 0.15) is 5.75 Å². The second-order valence-corrected chi connectivity index (χ2v) is 6.41. The summed E-state index contributed by atoms with van der Waals surface area (Å²) in [6.07, 6.45) is 1.35. The first-order valence-electron chi connectivity index (χ1n) is 7.46. The molecule has 0 saturated carbocycles. The van der Waals surface area contributed by atoms with Gasteiger partial charge in [-0.1, -0.05) is 28.1 Å². The molecule has 0 bridgehead atoms. The van der Waals surface area contributed by atoms with E-state index >= 15 is 0 Å². The Morgan fingerprint density at radius 1 is 1.21 bits per heavy atom. The number of aromatic hydroxyl groups is 2. The molecule has 0 spiro atoms. The van der Waals surface area contributed by atoms with E-state index in [-0.39, 0.29) is 11.5 Å². The Balaban J connectivity index is 2.10. The zero-order valence-electron chi connectivity index (χ0n) is 13.2. The predicted octanol–water partition coefficient (Wildman–Crippen LogP) is 3.75. The number of phenolic OH excluding ortho intramolecular Hbond substituents is 2. The van der Waals surface area contributed by atoms with Crippen molar-refractivity contribution in [3.63, 3.8) is 0 Å². The lowest BCUT2D eigenvalue weighted by molar-refractivity contribution is -0.141. The number of carboxylic acid groups (broad SMARTS) is 1. The highest BCUT2D eigenvalue weighted by Gasteiger charge is 2.20. The van der Waals surface area contributed by atoms with E-state index in [1.165, 1.54) is 13.2 Å². The minimum absolute atomic E-state index is 0.0154. The molecule has 3 N–H and O–H groups in total.